The van der Waals surface area contributed by atoms with Crippen LogP contribution in [0.25, 0.3) is 0 Å². The van der Waals surface area contributed by atoms with Gasteiger partial charge in [-0.1, -0.05) is 48.7 Å². The van der Waals surface area contributed by atoms with Gasteiger partial charge in [-0.05, 0) is 12.8 Å². The Morgan fingerprint density at radius 3 is 2.59 bits per heavy atom. The molecule has 1 saturated heterocycles. The second-order valence-corrected chi connectivity index (χ2v) is 12.2. The van der Waals surface area contributed by atoms with Crippen LogP contribution in [0.4, 0.5) is 4.39 Å². The molecular weight excluding hydrogens is 543 g/mol. The Hall–Kier alpha value is -0.980. The van der Waals surface area contributed by atoms with Gasteiger partial charge in [0.1, 0.15) is 31.2 Å². The highest BCUT2D eigenvalue weighted by Gasteiger charge is 2.41. The Bertz CT molecular complexity index is 1030. The number of ether oxygens (including phenoxy) is 2. The molecule has 1 aliphatic heterocycles. The number of hydrogen-bond donors (Lipinski definition) is 2. The van der Waals surface area contributed by atoms with Gasteiger partial charge >= 0.3 is 19.4 Å². The zero-order chi connectivity index (χ0) is 25.8. The Morgan fingerprint density at radius 1 is 1.38 bits per heavy atom. The quantitative estimate of drug-likeness (QED) is 0.248. The molecule has 0 bridgehead atoms. The van der Waals surface area contributed by atoms with Crippen molar-refractivity contribution in [1.29, 1.82) is 0 Å². The van der Waals surface area contributed by atoms with Crippen molar-refractivity contribution in [3.8, 4) is 0 Å². The van der Waals surface area contributed by atoms with Crippen LogP contribution in [0.5, 0.6) is 0 Å². The van der Waals surface area contributed by atoms with Gasteiger partial charge in [-0.15, -0.1) is 0 Å². The van der Waals surface area contributed by atoms with E-state index in [2.05, 4.69) is 10.1 Å². The molecule has 0 saturated carbocycles. The minimum atomic E-state index is -4.35. The summed E-state index contributed by atoms with van der Waals surface area (Å²) in [5, 5.41) is 2.45. The number of nitrogens with one attached hydrogen (secondary N) is 2. The first-order chi connectivity index (χ1) is 15.7. The first kappa shape index (κ1) is 29.3. The molecule has 2 heterocycles. The van der Waals surface area contributed by atoms with Gasteiger partial charge in [-0.25, -0.2) is 18.8 Å². The van der Waals surface area contributed by atoms with E-state index in [-0.39, 0.29) is 12.0 Å². The molecule has 0 aromatic carbocycles. The number of aromatic amines is 1. The molecule has 2 rings (SSSR count). The summed E-state index contributed by atoms with van der Waals surface area (Å²) >= 11 is 17.0. The molecule has 0 spiro atoms. The lowest BCUT2D eigenvalue weighted by Crippen LogP contribution is -2.41. The molecule has 0 amide bonds. The summed E-state index contributed by atoms with van der Waals surface area (Å²) < 4.78 is 47.9. The van der Waals surface area contributed by atoms with Crippen molar-refractivity contribution >= 4 is 48.5 Å². The summed E-state index contributed by atoms with van der Waals surface area (Å²) in [6.45, 7) is 3.52. The van der Waals surface area contributed by atoms with Crippen LogP contribution in [0.3, 0.4) is 0 Å². The van der Waals surface area contributed by atoms with E-state index >= 15 is 0 Å². The number of halogens is 4. The summed E-state index contributed by atoms with van der Waals surface area (Å²) in [5.74, 6) is -1.15. The lowest BCUT2D eigenvalue weighted by molar-refractivity contribution is -0.143. The number of nitrogens with zero attached hydrogens (tertiary/aromatic N) is 1. The Kier molecular flexibility index (Phi) is 10.2. The first-order valence-corrected chi connectivity index (χ1v) is 12.8. The third-order valence-electron chi connectivity index (χ3n) is 4.84. The maximum absolute atomic E-state index is 14.7. The van der Waals surface area contributed by atoms with Crippen molar-refractivity contribution < 1.29 is 32.3 Å². The third-order valence-corrected chi connectivity index (χ3v) is 6.72. The number of esters is 1. The molecule has 16 heteroatoms. The van der Waals surface area contributed by atoms with Crippen LogP contribution in [0.15, 0.2) is 15.8 Å². The molecule has 5 unspecified atom stereocenters. The summed E-state index contributed by atoms with van der Waals surface area (Å²) in [6, 6.07) is -1.12. The van der Waals surface area contributed by atoms with Crippen LogP contribution in [0.1, 0.15) is 32.1 Å². The molecule has 1 aromatic rings. The topological polar surface area (TPSA) is 138 Å². The number of carbonyl (C=O) groups is 1. The number of aromatic nitrogens is 2. The molecule has 194 valence electrons. The number of carbonyl (C=O) groups excluding carboxylic acids is 1. The fourth-order valence-corrected chi connectivity index (χ4v) is 5.09. The van der Waals surface area contributed by atoms with Crippen LogP contribution in [-0.4, -0.2) is 58.0 Å². The lowest BCUT2D eigenvalue weighted by atomic mass is 10.1. The van der Waals surface area contributed by atoms with Gasteiger partial charge in [0, 0.05) is 18.2 Å². The molecule has 5 atom stereocenters. The van der Waals surface area contributed by atoms with Crippen molar-refractivity contribution in [2.24, 2.45) is 5.92 Å². The minimum Gasteiger partial charge on any atom is -0.468 e. The number of aryl methyl sites for hydroxylation is 1. The highest BCUT2D eigenvalue weighted by Crippen LogP contribution is 2.48. The molecule has 0 radical (unpaired) electrons. The van der Waals surface area contributed by atoms with E-state index in [1.807, 2.05) is 0 Å². The van der Waals surface area contributed by atoms with E-state index in [1.54, 1.807) is 13.8 Å². The summed E-state index contributed by atoms with van der Waals surface area (Å²) in [6.07, 6.45) is -2.90. The number of hydrogen-bond acceptors (Lipinski definition) is 8. The standard InChI is InChI=1S/C18H26Cl3FN3O8P/c1-9(2)14(16(27)30-4)24-34(29,32-8-18(19,20)21)31-7-12-11(22)5-13(33-12)25-6-10(3)15(26)23-17(25)28/h6,9,11-14H,5,7-8H2,1-4H3,(H,24,29)(H,23,26,28). The number of alkyl halides is 4. The highest BCUT2D eigenvalue weighted by atomic mass is 35.6. The van der Waals surface area contributed by atoms with E-state index in [9.17, 15) is 23.3 Å². The largest absolute Gasteiger partial charge is 0.468 e. The van der Waals surface area contributed by atoms with Gasteiger partial charge in [-0.2, -0.15) is 0 Å². The van der Waals surface area contributed by atoms with E-state index in [1.165, 1.54) is 13.1 Å². The summed E-state index contributed by atoms with van der Waals surface area (Å²) in [4.78, 5) is 37.9. The van der Waals surface area contributed by atoms with Crippen LogP contribution >= 0.6 is 42.5 Å². The van der Waals surface area contributed by atoms with Crippen molar-refractivity contribution in [3.63, 3.8) is 0 Å². The molecule has 1 fully saturated rings. The second-order valence-electron chi connectivity index (χ2n) is 7.92. The van der Waals surface area contributed by atoms with Crippen LogP contribution < -0.4 is 16.3 Å². The van der Waals surface area contributed by atoms with Crippen molar-refractivity contribution in [3.05, 3.63) is 32.6 Å². The lowest BCUT2D eigenvalue weighted by Gasteiger charge is -2.27. The molecule has 11 nitrogen and oxygen atoms in total. The predicted molar refractivity (Wildman–Crippen MR) is 123 cm³/mol. The highest BCUT2D eigenvalue weighted by molar-refractivity contribution is 7.51. The first-order valence-electron chi connectivity index (χ1n) is 10.1. The van der Waals surface area contributed by atoms with Crippen molar-refractivity contribution in [1.82, 2.24) is 14.6 Å². The average molecular weight is 569 g/mol. The SMILES string of the molecule is COC(=O)C(NP(=O)(OCC1OC(n2cc(C)c(=O)[nH]c2=O)CC1F)OCC(Cl)(Cl)Cl)C(C)C. The van der Waals surface area contributed by atoms with E-state index in [0.717, 1.165) is 11.7 Å². The summed E-state index contributed by atoms with van der Waals surface area (Å²) in [5.41, 5.74) is -1.11. The Labute approximate surface area is 209 Å². The molecular formula is C18H26Cl3FN3O8P. The van der Waals surface area contributed by atoms with Gasteiger partial charge in [-0.3, -0.25) is 28.2 Å². The zero-order valence-corrected chi connectivity index (χ0v) is 21.9. The molecule has 0 aliphatic carbocycles. The normalized spacial score (nSPS) is 23.6. The van der Waals surface area contributed by atoms with Gasteiger partial charge in [0.15, 0.2) is 0 Å². The number of H-pyrrole nitrogens is 1. The van der Waals surface area contributed by atoms with Crippen LogP contribution in [0, 0.1) is 12.8 Å². The zero-order valence-electron chi connectivity index (χ0n) is 18.8. The van der Waals surface area contributed by atoms with Crippen molar-refractivity contribution in [2.45, 2.75) is 55.5 Å². The fourth-order valence-electron chi connectivity index (χ4n) is 3.02. The van der Waals surface area contributed by atoms with Gasteiger partial charge in [0.2, 0.25) is 3.79 Å². The smallest absolute Gasteiger partial charge is 0.406 e. The van der Waals surface area contributed by atoms with Crippen molar-refractivity contribution in [2.75, 3.05) is 20.3 Å². The van der Waals surface area contributed by atoms with Gasteiger partial charge in [0.25, 0.3) is 5.56 Å². The number of methoxy groups -OCH3 is 1. The second kappa shape index (κ2) is 11.8. The molecule has 34 heavy (non-hydrogen) atoms. The number of rotatable bonds is 10. The average Bonchev–Trinajstić information content (AvgIpc) is 3.11. The van der Waals surface area contributed by atoms with Gasteiger partial charge < -0.3 is 9.47 Å². The predicted octanol–water partition coefficient (Wildman–Crippen LogP) is 2.77. The van der Waals surface area contributed by atoms with E-state index < -0.39 is 72.4 Å². The fraction of sp³-hybridized carbons (Fsp3) is 0.722. The Balaban J connectivity index is 2.18. The minimum absolute atomic E-state index is 0.231. The Morgan fingerprint density at radius 2 is 2.03 bits per heavy atom. The van der Waals surface area contributed by atoms with Crippen LogP contribution in [0.2, 0.25) is 0 Å². The maximum atomic E-state index is 14.7. The van der Waals surface area contributed by atoms with Crippen LogP contribution in [-0.2, 0) is 27.9 Å². The maximum Gasteiger partial charge on any atom is 0.406 e. The summed E-state index contributed by atoms with van der Waals surface area (Å²) in [7, 11) is -3.21. The van der Waals surface area contributed by atoms with Gasteiger partial charge in [0.05, 0.1) is 13.7 Å². The molecule has 2 N–H and O–H groups in total. The molecule has 1 aliphatic rings. The third kappa shape index (κ3) is 8.03. The van der Waals surface area contributed by atoms with E-state index in [4.69, 9.17) is 53.3 Å². The monoisotopic (exact) mass is 567 g/mol. The van der Waals surface area contributed by atoms with E-state index in [0.29, 0.717) is 0 Å². The molecule has 1 aromatic heterocycles.